The van der Waals surface area contributed by atoms with Crippen molar-refractivity contribution >= 4 is 17.3 Å². The van der Waals surface area contributed by atoms with Crippen molar-refractivity contribution in [1.82, 2.24) is 0 Å². The number of amides is 1. The molecule has 0 aromatic heterocycles. The lowest BCUT2D eigenvalue weighted by molar-refractivity contribution is 0.100. The molecule has 1 aromatic carbocycles. The molecule has 0 saturated heterocycles. The fraction of sp³-hybridized carbons (Fsp3) is 0.462. The lowest BCUT2D eigenvalue weighted by Crippen LogP contribution is -2.25. The molecule has 17 heavy (non-hydrogen) atoms. The third kappa shape index (κ3) is 3.37. The minimum Gasteiger partial charge on any atom is -0.398 e. The van der Waals surface area contributed by atoms with Gasteiger partial charge < -0.3 is 16.8 Å². The van der Waals surface area contributed by atoms with E-state index in [2.05, 4.69) is 26.1 Å². The number of primary amides is 1. The zero-order chi connectivity index (χ0) is 13.0. The highest BCUT2D eigenvalue weighted by Crippen LogP contribution is 2.20. The Labute approximate surface area is 102 Å². The number of rotatable bonds is 5. The third-order valence-corrected chi connectivity index (χ3v) is 2.92. The van der Waals surface area contributed by atoms with E-state index in [1.54, 1.807) is 12.1 Å². The fourth-order valence-electron chi connectivity index (χ4n) is 1.81. The van der Waals surface area contributed by atoms with Gasteiger partial charge in [0.15, 0.2) is 0 Å². The van der Waals surface area contributed by atoms with Crippen molar-refractivity contribution in [2.45, 2.75) is 33.2 Å². The van der Waals surface area contributed by atoms with Crippen LogP contribution in [0, 0.1) is 5.92 Å². The number of nitrogens with one attached hydrogen (secondary N) is 1. The minimum absolute atomic E-state index is 0.369. The van der Waals surface area contributed by atoms with Gasteiger partial charge in [-0.1, -0.05) is 20.8 Å². The number of nitrogen functional groups attached to an aromatic ring is 1. The molecule has 4 nitrogen and oxygen atoms in total. The molecular formula is C13H21N3O. The van der Waals surface area contributed by atoms with Crippen molar-refractivity contribution in [2.24, 2.45) is 11.7 Å². The number of hydrogen-bond donors (Lipinski definition) is 3. The highest BCUT2D eigenvalue weighted by Gasteiger charge is 2.12. The first-order valence-electron chi connectivity index (χ1n) is 5.91. The van der Waals surface area contributed by atoms with Crippen LogP contribution in [0.25, 0.3) is 0 Å². The molecule has 0 fully saturated rings. The van der Waals surface area contributed by atoms with Crippen LogP contribution < -0.4 is 16.8 Å². The largest absolute Gasteiger partial charge is 0.398 e. The highest BCUT2D eigenvalue weighted by atomic mass is 16.1. The summed E-state index contributed by atoms with van der Waals surface area (Å²) in [5.41, 5.74) is 12.6. The first-order chi connectivity index (χ1) is 7.95. The van der Waals surface area contributed by atoms with Gasteiger partial charge in [-0.25, -0.2) is 0 Å². The maximum absolute atomic E-state index is 11.2. The molecule has 0 heterocycles. The van der Waals surface area contributed by atoms with Crippen LogP contribution in [-0.4, -0.2) is 11.9 Å². The molecule has 94 valence electrons. The van der Waals surface area contributed by atoms with E-state index >= 15 is 0 Å². The van der Waals surface area contributed by atoms with Crippen LogP contribution in [0.2, 0.25) is 0 Å². The first kappa shape index (κ1) is 13.4. The van der Waals surface area contributed by atoms with Gasteiger partial charge in [-0.3, -0.25) is 4.79 Å². The molecule has 1 unspecified atom stereocenters. The van der Waals surface area contributed by atoms with Gasteiger partial charge in [-0.2, -0.15) is 0 Å². The average Bonchev–Trinajstić information content (AvgIpc) is 2.27. The summed E-state index contributed by atoms with van der Waals surface area (Å²) in [4.78, 5) is 11.2. The molecule has 0 spiro atoms. The van der Waals surface area contributed by atoms with Crippen molar-refractivity contribution in [1.29, 1.82) is 0 Å². The zero-order valence-corrected chi connectivity index (χ0v) is 10.7. The Morgan fingerprint density at radius 1 is 1.41 bits per heavy atom. The molecule has 4 heteroatoms. The molecule has 0 aliphatic carbocycles. The predicted molar refractivity (Wildman–Crippen MR) is 71.9 cm³/mol. The Hall–Kier alpha value is -1.71. The summed E-state index contributed by atoms with van der Waals surface area (Å²) < 4.78 is 0. The van der Waals surface area contributed by atoms with Gasteiger partial charge in [0.1, 0.15) is 0 Å². The second-order valence-electron chi connectivity index (χ2n) is 4.57. The van der Waals surface area contributed by atoms with Gasteiger partial charge in [0.25, 0.3) is 5.91 Å². The number of anilines is 2. The van der Waals surface area contributed by atoms with Gasteiger partial charge in [-0.05, 0) is 30.5 Å². The molecule has 1 aromatic rings. The maximum Gasteiger partial charge on any atom is 0.250 e. The quantitative estimate of drug-likeness (QED) is 0.684. The SMILES string of the molecule is CCC(Nc1ccc(N)c(C(N)=O)c1)C(C)C. The maximum atomic E-state index is 11.2. The average molecular weight is 235 g/mol. The van der Waals surface area contributed by atoms with Crippen molar-refractivity contribution in [3.8, 4) is 0 Å². The van der Waals surface area contributed by atoms with Gasteiger partial charge in [0, 0.05) is 17.4 Å². The van der Waals surface area contributed by atoms with Crippen molar-refractivity contribution in [3.63, 3.8) is 0 Å². The standard InChI is InChI=1S/C13H21N3O/c1-4-12(8(2)3)16-9-5-6-11(14)10(7-9)13(15)17/h5-8,12,16H,4,14H2,1-3H3,(H2,15,17). The molecule has 5 N–H and O–H groups in total. The van der Waals surface area contributed by atoms with E-state index in [4.69, 9.17) is 11.5 Å². The summed E-state index contributed by atoms with van der Waals surface area (Å²) in [6, 6.07) is 5.66. The molecule has 0 aliphatic rings. The third-order valence-electron chi connectivity index (χ3n) is 2.92. The summed E-state index contributed by atoms with van der Waals surface area (Å²) in [6.45, 7) is 6.45. The van der Waals surface area contributed by atoms with Crippen molar-refractivity contribution < 1.29 is 4.79 Å². The van der Waals surface area contributed by atoms with E-state index in [-0.39, 0.29) is 0 Å². The minimum atomic E-state index is -0.497. The van der Waals surface area contributed by atoms with Crippen LogP contribution in [0.5, 0.6) is 0 Å². The lowest BCUT2D eigenvalue weighted by Gasteiger charge is -2.22. The summed E-state index contributed by atoms with van der Waals surface area (Å²) in [7, 11) is 0. The van der Waals surface area contributed by atoms with Crippen LogP contribution in [0.15, 0.2) is 18.2 Å². The molecule has 0 aliphatic heterocycles. The lowest BCUT2D eigenvalue weighted by atomic mass is 10.0. The Bertz CT molecular complexity index is 402. The highest BCUT2D eigenvalue weighted by molar-refractivity contribution is 5.98. The van der Waals surface area contributed by atoms with Crippen LogP contribution in [0.4, 0.5) is 11.4 Å². The molecular weight excluding hydrogens is 214 g/mol. The molecule has 1 amide bonds. The number of benzene rings is 1. The Kier molecular flexibility index (Phi) is 4.37. The van der Waals surface area contributed by atoms with E-state index in [0.29, 0.717) is 23.2 Å². The van der Waals surface area contributed by atoms with E-state index in [9.17, 15) is 4.79 Å². The first-order valence-corrected chi connectivity index (χ1v) is 5.91. The van der Waals surface area contributed by atoms with Gasteiger partial charge in [0.05, 0.1) is 5.56 Å². The molecule has 0 bridgehead atoms. The predicted octanol–water partition coefficient (Wildman–Crippen LogP) is 2.21. The molecule has 0 radical (unpaired) electrons. The number of nitrogens with two attached hydrogens (primary N) is 2. The number of hydrogen-bond acceptors (Lipinski definition) is 3. The Balaban J connectivity index is 2.92. The smallest absolute Gasteiger partial charge is 0.250 e. The molecule has 1 atom stereocenters. The summed E-state index contributed by atoms with van der Waals surface area (Å²) >= 11 is 0. The number of carbonyl (C=O) groups excluding carboxylic acids is 1. The van der Waals surface area contributed by atoms with Crippen LogP contribution in [0.1, 0.15) is 37.6 Å². The van der Waals surface area contributed by atoms with Crippen molar-refractivity contribution in [3.05, 3.63) is 23.8 Å². The molecule has 0 saturated carbocycles. The Morgan fingerprint density at radius 3 is 2.53 bits per heavy atom. The summed E-state index contributed by atoms with van der Waals surface area (Å²) in [6.07, 6.45) is 1.02. The monoisotopic (exact) mass is 235 g/mol. The molecule has 1 rings (SSSR count). The van der Waals surface area contributed by atoms with E-state index < -0.39 is 5.91 Å². The van der Waals surface area contributed by atoms with Crippen LogP contribution >= 0.6 is 0 Å². The second-order valence-corrected chi connectivity index (χ2v) is 4.57. The normalized spacial score (nSPS) is 12.5. The van der Waals surface area contributed by atoms with Gasteiger partial charge in [-0.15, -0.1) is 0 Å². The van der Waals surface area contributed by atoms with E-state index in [1.165, 1.54) is 0 Å². The second kappa shape index (κ2) is 5.57. The number of carbonyl (C=O) groups is 1. The Morgan fingerprint density at radius 2 is 2.06 bits per heavy atom. The van der Waals surface area contributed by atoms with E-state index in [1.807, 2.05) is 6.07 Å². The zero-order valence-electron chi connectivity index (χ0n) is 10.7. The topological polar surface area (TPSA) is 81.1 Å². The fourth-order valence-corrected chi connectivity index (χ4v) is 1.81. The van der Waals surface area contributed by atoms with Gasteiger partial charge in [0.2, 0.25) is 0 Å². The van der Waals surface area contributed by atoms with Crippen LogP contribution in [0.3, 0.4) is 0 Å². The van der Waals surface area contributed by atoms with Crippen LogP contribution in [-0.2, 0) is 0 Å². The summed E-state index contributed by atoms with van der Waals surface area (Å²) in [5, 5.41) is 3.39. The van der Waals surface area contributed by atoms with Crippen molar-refractivity contribution in [2.75, 3.05) is 11.1 Å². The van der Waals surface area contributed by atoms with E-state index in [0.717, 1.165) is 12.1 Å². The van der Waals surface area contributed by atoms with Gasteiger partial charge >= 0.3 is 0 Å². The summed E-state index contributed by atoms with van der Waals surface area (Å²) in [5.74, 6) is 0.0262.